The van der Waals surface area contributed by atoms with Gasteiger partial charge in [-0.3, -0.25) is 4.79 Å². The third-order valence-electron chi connectivity index (χ3n) is 4.15. The molecule has 0 aromatic carbocycles. The molecule has 2 rings (SSSR count). The molecule has 0 radical (unpaired) electrons. The first-order valence-electron chi connectivity index (χ1n) is 7.86. The van der Waals surface area contributed by atoms with Gasteiger partial charge in [0.25, 0.3) is 0 Å². The van der Waals surface area contributed by atoms with E-state index < -0.39 is 0 Å². The summed E-state index contributed by atoms with van der Waals surface area (Å²) in [6, 6.07) is -0.361. The van der Waals surface area contributed by atoms with Gasteiger partial charge in [-0.2, -0.15) is 0 Å². The van der Waals surface area contributed by atoms with Gasteiger partial charge < -0.3 is 9.64 Å². The molecule has 0 bridgehead atoms. The highest BCUT2D eigenvalue weighted by Crippen LogP contribution is 2.24. The van der Waals surface area contributed by atoms with Gasteiger partial charge in [0.15, 0.2) is 0 Å². The zero-order valence-electron chi connectivity index (χ0n) is 12.4. The van der Waals surface area contributed by atoms with Crippen molar-refractivity contribution in [1.82, 2.24) is 4.90 Å². The summed E-state index contributed by atoms with van der Waals surface area (Å²) in [7, 11) is 0. The van der Waals surface area contributed by atoms with E-state index in [0.29, 0.717) is 19.6 Å². The molecular weight excluding hydrogens is 254 g/mol. The minimum absolute atomic E-state index is 0.0934. The number of nitrogens with zero attached hydrogens (tertiary/aromatic N) is 1. The van der Waals surface area contributed by atoms with Gasteiger partial charge >= 0.3 is 5.97 Å². The molecule has 1 atom stereocenters. The van der Waals surface area contributed by atoms with Crippen LogP contribution in [-0.4, -0.2) is 36.0 Å². The first-order chi connectivity index (χ1) is 9.72. The number of esters is 1. The van der Waals surface area contributed by atoms with E-state index in [1.165, 1.54) is 18.4 Å². The van der Waals surface area contributed by atoms with Crippen molar-refractivity contribution in [3.63, 3.8) is 0 Å². The first-order valence-corrected chi connectivity index (χ1v) is 7.86. The Morgan fingerprint density at radius 2 is 2.15 bits per heavy atom. The van der Waals surface area contributed by atoms with E-state index >= 15 is 0 Å². The predicted octanol–water partition coefficient (Wildman–Crippen LogP) is 2.82. The Morgan fingerprint density at radius 3 is 2.85 bits per heavy atom. The van der Waals surface area contributed by atoms with E-state index in [-0.39, 0.29) is 17.9 Å². The highest BCUT2D eigenvalue weighted by molar-refractivity contribution is 5.86. The maximum atomic E-state index is 12.5. The van der Waals surface area contributed by atoms with Crippen LogP contribution in [0.15, 0.2) is 11.6 Å². The average molecular weight is 279 g/mol. The zero-order valence-corrected chi connectivity index (χ0v) is 12.4. The van der Waals surface area contributed by atoms with Gasteiger partial charge in [0, 0.05) is 13.0 Å². The normalized spacial score (nSPS) is 23.1. The number of hydrogen-bond donors (Lipinski definition) is 0. The minimum atomic E-state index is -0.361. The Hall–Kier alpha value is -1.32. The highest BCUT2D eigenvalue weighted by Gasteiger charge is 2.33. The topological polar surface area (TPSA) is 46.6 Å². The van der Waals surface area contributed by atoms with Gasteiger partial charge in [-0.25, -0.2) is 4.79 Å². The van der Waals surface area contributed by atoms with Gasteiger partial charge in [0.1, 0.15) is 6.04 Å². The molecule has 0 N–H and O–H groups in total. The first kappa shape index (κ1) is 15.1. The lowest BCUT2D eigenvalue weighted by Crippen LogP contribution is -2.48. The largest absolute Gasteiger partial charge is 0.464 e. The molecule has 0 aromatic heterocycles. The Kier molecular flexibility index (Phi) is 5.62. The lowest BCUT2D eigenvalue weighted by molar-refractivity contribution is -0.156. The summed E-state index contributed by atoms with van der Waals surface area (Å²) in [6.07, 6.45) is 9.93. The van der Waals surface area contributed by atoms with Crippen molar-refractivity contribution < 1.29 is 14.3 Å². The molecule has 20 heavy (non-hydrogen) atoms. The van der Waals surface area contributed by atoms with Crippen LogP contribution in [0, 0.1) is 0 Å². The number of hydrogen-bond acceptors (Lipinski definition) is 3. The average Bonchev–Trinajstić information content (AvgIpc) is 2.48. The fraction of sp³-hybridized carbons (Fsp3) is 0.750. The van der Waals surface area contributed by atoms with Crippen molar-refractivity contribution >= 4 is 11.9 Å². The molecule has 1 fully saturated rings. The van der Waals surface area contributed by atoms with Gasteiger partial charge in [-0.1, -0.05) is 11.6 Å². The van der Waals surface area contributed by atoms with Crippen molar-refractivity contribution in [2.75, 3.05) is 13.2 Å². The number of likely N-dealkylation sites (tertiary alicyclic amines) is 1. The van der Waals surface area contributed by atoms with Crippen LogP contribution in [0.5, 0.6) is 0 Å². The number of rotatable bonds is 4. The maximum Gasteiger partial charge on any atom is 0.328 e. The number of allylic oxidation sites excluding steroid dienone is 1. The summed E-state index contributed by atoms with van der Waals surface area (Å²) >= 11 is 0. The molecule has 2 aliphatic rings. The van der Waals surface area contributed by atoms with Crippen LogP contribution in [-0.2, 0) is 14.3 Å². The molecule has 112 valence electrons. The summed E-state index contributed by atoms with van der Waals surface area (Å²) in [5, 5.41) is 0. The van der Waals surface area contributed by atoms with Gasteiger partial charge in [-0.15, -0.1) is 0 Å². The molecule has 0 aromatic rings. The molecule has 1 unspecified atom stereocenters. The lowest BCUT2D eigenvalue weighted by Gasteiger charge is -2.34. The smallest absolute Gasteiger partial charge is 0.328 e. The number of carbonyl (C=O) groups excluding carboxylic acids is 2. The van der Waals surface area contributed by atoms with Gasteiger partial charge in [0.05, 0.1) is 6.61 Å². The zero-order chi connectivity index (χ0) is 14.4. The molecule has 1 saturated heterocycles. The second-order valence-corrected chi connectivity index (χ2v) is 5.64. The fourth-order valence-electron chi connectivity index (χ4n) is 3.07. The quantitative estimate of drug-likeness (QED) is 0.587. The molecule has 1 aliphatic heterocycles. The molecule has 1 amide bonds. The molecule has 4 heteroatoms. The number of amides is 1. The highest BCUT2D eigenvalue weighted by atomic mass is 16.5. The van der Waals surface area contributed by atoms with Crippen LogP contribution in [0.4, 0.5) is 0 Å². The standard InChI is InChI=1S/C16H25NO3/c1-2-20-16(19)14-10-6-7-11-17(14)15(18)12-13-8-4-3-5-9-13/h8,14H,2-7,9-12H2,1H3. The van der Waals surface area contributed by atoms with Crippen LogP contribution in [0.2, 0.25) is 0 Å². The van der Waals surface area contributed by atoms with Crippen molar-refractivity contribution in [3.8, 4) is 0 Å². The summed E-state index contributed by atoms with van der Waals surface area (Å²) < 4.78 is 5.10. The Bertz CT molecular complexity index is 389. The van der Waals surface area contributed by atoms with Gasteiger partial charge in [0.2, 0.25) is 5.91 Å². The molecule has 0 spiro atoms. The van der Waals surface area contributed by atoms with Crippen molar-refractivity contribution in [2.45, 2.75) is 64.3 Å². The van der Waals surface area contributed by atoms with E-state index in [1.807, 2.05) is 0 Å². The second kappa shape index (κ2) is 7.46. The van der Waals surface area contributed by atoms with Crippen molar-refractivity contribution in [2.24, 2.45) is 0 Å². The molecule has 1 aliphatic carbocycles. The Balaban J connectivity index is 1.97. The van der Waals surface area contributed by atoms with Crippen LogP contribution < -0.4 is 0 Å². The van der Waals surface area contributed by atoms with E-state index in [0.717, 1.165) is 32.1 Å². The van der Waals surface area contributed by atoms with Crippen LogP contribution in [0.25, 0.3) is 0 Å². The van der Waals surface area contributed by atoms with E-state index in [4.69, 9.17) is 4.74 Å². The summed E-state index contributed by atoms with van der Waals surface area (Å²) in [5.74, 6) is -0.144. The summed E-state index contributed by atoms with van der Waals surface area (Å²) in [4.78, 5) is 26.2. The summed E-state index contributed by atoms with van der Waals surface area (Å²) in [5.41, 5.74) is 1.24. The van der Waals surface area contributed by atoms with Crippen molar-refractivity contribution in [1.29, 1.82) is 0 Å². The number of ether oxygens (including phenoxy) is 1. The van der Waals surface area contributed by atoms with Crippen LogP contribution in [0.1, 0.15) is 58.3 Å². The third-order valence-corrected chi connectivity index (χ3v) is 4.15. The second-order valence-electron chi connectivity index (χ2n) is 5.64. The van der Waals surface area contributed by atoms with Crippen LogP contribution in [0.3, 0.4) is 0 Å². The Labute approximate surface area is 121 Å². The lowest BCUT2D eigenvalue weighted by atomic mass is 9.95. The van der Waals surface area contributed by atoms with Crippen molar-refractivity contribution in [3.05, 3.63) is 11.6 Å². The summed E-state index contributed by atoms with van der Waals surface area (Å²) in [6.45, 7) is 2.87. The molecule has 1 heterocycles. The monoisotopic (exact) mass is 279 g/mol. The number of carbonyl (C=O) groups is 2. The molecule has 0 saturated carbocycles. The maximum absolute atomic E-state index is 12.5. The predicted molar refractivity (Wildman–Crippen MR) is 77.2 cm³/mol. The van der Waals surface area contributed by atoms with E-state index in [9.17, 15) is 9.59 Å². The SMILES string of the molecule is CCOC(=O)C1CCCCN1C(=O)CC1=CCCCC1. The van der Waals surface area contributed by atoms with Crippen LogP contribution >= 0.6 is 0 Å². The minimum Gasteiger partial charge on any atom is -0.464 e. The molecule has 4 nitrogen and oxygen atoms in total. The molecular formula is C16H25NO3. The van der Waals surface area contributed by atoms with E-state index in [2.05, 4.69) is 6.08 Å². The van der Waals surface area contributed by atoms with Gasteiger partial charge in [-0.05, 0) is 51.9 Å². The number of piperidine rings is 1. The van der Waals surface area contributed by atoms with E-state index in [1.54, 1.807) is 11.8 Å². The third kappa shape index (κ3) is 3.84. The Morgan fingerprint density at radius 1 is 1.30 bits per heavy atom. The fourth-order valence-corrected chi connectivity index (χ4v) is 3.07.